The monoisotopic (exact) mass is 372 g/mol. The van der Waals surface area contributed by atoms with Gasteiger partial charge in [0.2, 0.25) is 5.91 Å². The SMILES string of the molecule is C[C@@H](Sc1nnc(-c2ccccc2Cl)n1C)C(=O)Nc1ccccc1. The van der Waals surface area contributed by atoms with Crippen molar-refractivity contribution >= 4 is 35.0 Å². The van der Waals surface area contributed by atoms with Crippen LogP contribution >= 0.6 is 23.4 Å². The van der Waals surface area contributed by atoms with E-state index in [9.17, 15) is 4.79 Å². The van der Waals surface area contributed by atoms with Crippen molar-refractivity contribution in [1.82, 2.24) is 14.8 Å². The minimum absolute atomic E-state index is 0.0847. The summed E-state index contributed by atoms with van der Waals surface area (Å²) in [5.74, 6) is 0.585. The molecule has 25 heavy (non-hydrogen) atoms. The average Bonchev–Trinajstić information content (AvgIpc) is 2.97. The zero-order valence-electron chi connectivity index (χ0n) is 13.8. The first-order chi connectivity index (χ1) is 12.1. The van der Waals surface area contributed by atoms with Gasteiger partial charge in [0.05, 0.1) is 10.3 Å². The summed E-state index contributed by atoms with van der Waals surface area (Å²) in [5, 5.41) is 12.3. The maximum absolute atomic E-state index is 12.3. The molecule has 1 atom stereocenters. The first kappa shape index (κ1) is 17.5. The number of benzene rings is 2. The van der Waals surface area contributed by atoms with Crippen molar-refractivity contribution in [3.05, 3.63) is 59.6 Å². The molecule has 1 N–H and O–H groups in total. The largest absolute Gasteiger partial charge is 0.325 e. The number of para-hydroxylation sites is 1. The highest BCUT2D eigenvalue weighted by atomic mass is 35.5. The van der Waals surface area contributed by atoms with Crippen molar-refractivity contribution in [1.29, 1.82) is 0 Å². The van der Waals surface area contributed by atoms with Crippen LogP contribution in [0.5, 0.6) is 0 Å². The van der Waals surface area contributed by atoms with Crippen LogP contribution < -0.4 is 5.32 Å². The summed E-state index contributed by atoms with van der Waals surface area (Å²) in [6.07, 6.45) is 0. The van der Waals surface area contributed by atoms with Crippen LogP contribution in [0.15, 0.2) is 59.8 Å². The third-order valence-electron chi connectivity index (χ3n) is 3.64. The Labute approximate surface area is 155 Å². The van der Waals surface area contributed by atoms with Gasteiger partial charge in [-0.1, -0.05) is 53.7 Å². The van der Waals surface area contributed by atoms with Crippen molar-refractivity contribution in [2.75, 3.05) is 5.32 Å². The summed E-state index contributed by atoms with van der Waals surface area (Å²) in [6.45, 7) is 1.84. The molecule has 7 heteroatoms. The fraction of sp³-hybridized carbons (Fsp3) is 0.167. The molecule has 3 aromatic rings. The van der Waals surface area contributed by atoms with Gasteiger partial charge >= 0.3 is 0 Å². The van der Waals surface area contributed by atoms with E-state index in [2.05, 4.69) is 15.5 Å². The Kier molecular flexibility index (Phi) is 5.40. The molecule has 0 saturated heterocycles. The highest BCUT2D eigenvalue weighted by Gasteiger charge is 2.20. The summed E-state index contributed by atoms with van der Waals surface area (Å²) in [5.41, 5.74) is 1.59. The minimum Gasteiger partial charge on any atom is -0.325 e. The molecule has 3 rings (SSSR count). The third kappa shape index (κ3) is 4.03. The number of aromatic nitrogens is 3. The van der Waals surface area contributed by atoms with Crippen molar-refractivity contribution in [2.45, 2.75) is 17.3 Å². The molecule has 0 radical (unpaired) electrons. The molecule has 5 nitrogen and oxygen atoms in total. The number of amides is 1. The first-order valence-corrected chi connectivity index (χ1v) is 8.99. The molecule has 0 aliphatic heterocycles. The number of thioether (sulfide) groups is 1. The Hall–Kier alpha value is -2.31. The molecule has 0 fully saturated rings. The number of hydrogen-bond acceptors (Lipinski definition) is 4. The van der Waals surface area contributed by atoms with E-state index >= 15 is 0 Å². The fourth-order valence-corrected chi connectivity index (χ4v) is 3.31. The van der Waals surface area contributed by atoms with E-state index in [1.807, 2.05) is 73.1 Å². The number of hydrogen-bond donors (Lipinski definition) is 1. The molecule has 1 heterocycles. The molecule has 0 saturated carbocycles. The lowest BCUT2D eigenvalue weighted by Gasteiger charge is -2.11. The molecule has 2 aromatic carbocycles. The van der Waals surface area contributed by atoms with Gasteiger partial charge < -0.3 is 9.88 Å². The Morgan fingerprint density at radius 2 is 1.80 bits per heavy atom. The van der Waals surface area contributed by atoms with Crippen molar-refractivity contribution in [2.24, 2.45) is 7.05 Å². The second-order valence-electron chi connectivity index (χ2n) is 5.46. The Morgan fingerprint density at radius 3 is 2.52 bits per heavy atom. The third-order valence-corrected chi connectivity index (χ3v) is 5.11. The number of carbonyl (C=O) groups excluding carboxylic acids is 1. The minimum atomic E-state index is -0.317. The fourth-order valence-electron chi connectivity index (χ4n) is 2.27. The van der Waals surface area contributed by atoms with Crippen LogP contribution in [0, 0.1) is 0 Å². The molecular weight excluding hydrogens is 356 g/mol. The van der Waals surface area contributed by atoms with Crippen LogP contribution in [0.1, 0.15) is 6.92 Å². The number of nitrogens with one attached hydrogen (secondary N) is 1. The zero-order chi connectivity index (χ0) is 17.8. The number of anilines is 1. The van der Waals surface area contributed by atoms with E-state index < -0.39 is 0 Å². The molecule has 0 aliphatic carbocycles. The van der Waals surface area contributed by atoms with E-state index in [1.165, 1.54) is 11.8 Å². The number of halogens is 1. The normalized spacial score (nSPS) is 12.0. The Bertz CT molecular complexity index is 882. The second kappa shape index (κ2) is 7.72. The summed E-state index contributed by atoms with van der Waals surface area (Å²) in [6, 6.07) is 16.9. The molecule has 0 aliphatic rings. The lowest BCUT2D eigenvalue weighted by Crippen LogP contribution is -2.22. The topological polar surface area (TPSA) is 59.8 Å². The van der Waals surface area contributed by atoms with Gasteiger partial charge in [-0.15, -0.1) is 10.2 Å². The van der Waals surface area contributed by atoms with Crippen LogP contribution in [0.3, 0.4) is 0 Å². The molecule has 0 unspecified atom stereocenters. The van der Waals surface area contributed by atoms with Gasteiger partial charge in [-0.3, -0.25) is 4.79 Å². The summed E-state index contributed by atoms with van der Waals surface area (Å²) >= 11 is 7.59. The van der Waals surface area contributed by atoms with Crippen LogP contribution in [0.4, 0.5) is 5.69 Å². The smallest absolute Gasteiger partial charge is 0.237 e. The Balaban J connectivity index is 1.73. The maximum atomic E-state index is 12.3. The van der Waals surface area contributed by atoms with Crippen LogP contribution in [-0.2, 0) is 11.8 Å². The van der Waals surface area contributed by atoms with E-state index in [-0.39, 0.29) is 11.2 Å². The van der Waals surface area contributed by atoms with Crippen LogP contribution in [0.25, 0.3) is 11.4 Å². The van der Waals surface area contributed by atoms with Crippen LogP contribution in [-0.4, -0.2) is 25.9 Å². The van der Waals surface area contributed by atoms with Gasteiger partial charge in [-0.2, -0.15) is 0 Å². The van der Waals surface area contributed by atoms with Crippen molar-refractivity contribution in [3.63, 3.8) is 0 Å². The summed E-state index contributed by atoms with van der Waals surface area (Å²) < 4.78 is 1.85. The van der Waals surface area contributed by atoms with E-state index in [4.69, 9.17) is 11.6 Å². The number of nitrogens with zero attached hydrogens (tertiary/aromatic N) is 3. The second-order valence-corrected chi connectivity index (χ2v) is 7.18. The lowest BCUT2D eigenvalue weighted by atomic mass is 10.2. The van der Waals surface area contributed by atoms with E-state index in [0.29, 0.717) is 16.0 Å². The molecule has 128 valence electrons. The summed E-state index contributed by atoms with van der Waals surface area (Å²) in [7, 11) is 1.86. The van der Waals surface area contributed by atoms with Crippen molar-refractivity contribution in [3.8, 4) is 11.4 Å². The number of carbonyl (C=O) groups is 1. The van der Waals surface area contributed by atoms with Gasteiger partial charge in [0.15, 0.2) is 11.0 Å². The molecule has 0 bridgehead atoms. The van der Waals surface area contributed by atoms with Gasteiger partial charge in [-0.05, 0) is 31.2 Å². The van der Waals surface area contributed by atoms with Gasteiger partial charge in [-0.25, -0.2) is 0 Å². The summed E-state index contributed by atoms with van der Waals surface area (Å²) in [4.78, 5) is 12.3. The number of rotatable bonds is 5. The predicted molar refractivity (Wildman–Crippen MR) is 102 cm³/mol. The van der Waals surface area contributed by atoms with Crippen LogP contribution in [0.2, 0.25) is 5.02 Å². The lowest BCUT2D eigenvalue weighted by molar-refractivity contribution is -0.115. The highest BCUT2D eigenvalue weighted by molar-refractivity contribution is 8.00. The predicted octanol–water partition coefficient (Wildman–Crippen LogP) is 4.25. The Morgan fingerprint density at radius 1 is 1.12 bits per heavy atom. The molecular formula is C18H17ClN4OS. The van der Waals surface area contributed by atoms with Gasteiger partial charge in [0, 0.05) is 18.3 Å². The standard InChI is InChI=1S/C18H17ClN4OS/c1-12(17(24)20-13-8-4-3-5-9-13)25-18-22-21-16(23(18)2)14-10-6-7-11-15(14)19/h3-12H,1-2H3,(H,20,24)/t12-/m1/s1. The first-order valence-electron chi connectivity index (χ1n) is 7.73. The van der Waals surface area contributed by atoms with E-state index in [0.717, 1.165) is 11.3 Å². The quantitative estimate of drug-likeness (QED) is 0.680. The zero-order valence-corrected chi connectivity index (χ0v) is 15.4. The molecule has 1 amide bonds. The van der Waals surface area contributed by atoms with E-state index in [1.54, 1.807) is 0 Å². The molecule has 0 spiro atoms. The van der Waals surface area contributed by atoms with Crippen molar-refractivity contribution < 1.29 is 4.79 Å². The molecule has 1 aromatic heterocycles. The highest BCUT2D eigenvalue weighted by Crippen LogP contribution is 2.29. The van der Waals surface area contributed by atoms with Gasteiger partial charge in [0.1, 0.15) is 0 Å². The maximum Gasteiger partial charge on any atom is 0.237 e. The van der Waals surface area contributed by atoms with Gasteiger partial charge in [0.25, 0.3) is 0 Å². The average molecular weight is 373 g/mol.